The van der Waals surface area contributed by atoms with Crippen molar-refractivity contribution >= 4 is 34.1 Å². The van der Waals surface area contributed by atoms with Gasteiger partial charge in [-0.3, -0.25) is 10.1 Å². The number of urea groups is 1. The number of aromatic nitrogens is 2. The van der Waals surface area contributed by atoms with Crippen LogP contribution in [0.15, 0.2) is 30.3 Å². The molecule has 2 heterocycles. The molecule has 1 aromatic carbocycles. The Hall–Kier alpha value is -2.48. The van der Waals surface area contributed by atoms with E-state index in [1.54, 1.807) is 4.90 Å². The molecule has 0 spiro atoms. The number of nitrogens with one attached hydrogen (secondary N) is 2. The first-order valence-corrected chi connectivity index (χ1v) is 8.75. The molecule has 24 heavy (non-hydrogen) atoms. The van der Waals surface area contributed by atoms with Gasteiger partial charge in [0.1, 0.15) is 11.0 Å². The molecule has 126 valence electrons. The van der Waals surface area contributed by atoms with Crippen LogP contribution in [0.4, 0.5) is 15.6 Å². The summed E-state index contributed by atoms with van der Waals surface area (Å²) >= 11 is 1.36. The number of benzene rings is 1. The van der Waals surface area contributed by atoms with Gasteiger partial charge >= 0.3 is 6.03 Å². The summed E-state index contributed by atoms with van der Waals surface area (Å²) < 4.78 is 0. The lowest BCUT2D eigenvalue weighted by atomic mass is 10.2. The van der Waals surface area contributed by atoms with Crippen molar-refractivity contribution in [3.63, 3.8) is 0 Å². The Kier molecular flexibility index (Phi) is 5.05. The minimum atomic E-state index is -0.484. The number of hydrogen-bond donors (Lipinski definition) is 2. The molecule has 3 rings (SSSR count). The van der Waals surface area contributed by atoms with E-state index < -0.39 is 6.04 Å². The van der Waals surface area contributed by atoms with Crippen LogP contribution in [0.25, 0.3) is 0 Å². The lowest BCUT2D eigenvalue weighted by Gasteiger charge is -2.23. The van der Waals surface area contributed by atoms with E-state index in [2.05, 4.69) is 20.8 Å². The van der Waals surface area contributed by atoms with Crippen molar-refractivity contribution in [1.29, 1.82) is 0 Å². The molecule has 0 saturated carbocycles. The van der Waals surface area contributed by atoms with E-state index in [1.165, 1.54) is 11.3 Å². The highest BCUT2D eigenvalue weighted by molar-refractivity contribution is 7.15. The van der Waals surface area contributed by atoms with Gasteiger partial charge in [0.25, 0.3) is 0 Å². The van der Waals surface area contributed by atoms with Crippen LogP contribution in [0.2, 0.25) is 0 Å². The SMILES string of the molecule is CCc1nnc(NC(=O)[C@@H]2CCCN2C(=O)Nc2ccccc2)s1. The molecule has 0 bridgehead atoms. The van der Waals surface area contributed by atoms with Gasteiger partial charge in [-0.15, -0.1) is 10.2 Å². The number of amides is 3. The van der Waals surface area contributed by atoms with Crippen LogP contribution in [0.5, 0.6) is 0 Å². The summed E-state index contributed by atoms with van der Waals surface area (Å²) in [5.41, 5.74) is 0.713. The van der Waals surface area contributed by atoms with E-state index in [0.29, 0.717) is 23.8 Å². The quantitative estimate of drug-likeness (QED) is 0.892. The number of hydrogen-bond acceptors (Lipinski definition) is 5. The van der Waals surface area contributed by atoms with Crippen LogP contribution in [0.3, 0.4) is 0 Å². The maximum absolute atomic E-state index is 12.5. The van der Waals surface area contributed by atoms with Crippen LogP contribution in [-0.2, 0) is 11.2 Å². The standard InChI is InChI=1S/C16H19N5O2S/c1-2-13-19-20-15(24-13)18-14(22)12-9-6-10-21(12)16(23)17-11-7-4-3-5-8-11/h3-5,7-8,12H,2,6,9-10H2,1H3,(H,17,23)(H,18,20,22)/t12-/m0/s1. The van der Waals surface area contributed by atoms with Crippen LogP contribution in [-0.4, -0.2) is 39.6 Å². The predicted molar refractivity (Wildman–Crippen MR) is 93.1 cm³/mol. The molecule has 8 heteroatoms. The maximum Gasteiger partial charge on any atom is 0.322 e. The third kappa shape index (κ3) is 3.70. The molecule has 1 aliphatic rings. The second-order valence-electron chi connectivity index (χ2n) is 5.49. The lowest BCUT2D eigenvalue weighted by Crippen LogP contribution is -2.45. The first kappa shape index (κ1) is 16.4. The fourth-order valence-electron chi connectivity index (χ4n) is 2.63. The summed E-state index contributed by atoms with van der Waals surface area (Å²) in [6.45, 7) is 2.55. The number of likely N-dealkylation sites (tertiary alicyclic amines) is 1. The molecular formula is C16H19N5O2S. The molecule has 3 amide bonds. The zero-order chi connectivity index (χ0) is 16.9. The van der Waals surface area contributed by atoms with E-state index >= 15 is 0 Å². The predicted octanol–water partition coefficient (Wildman–Crippen LogP) is 2.74. The lowest BCUT2D eigenvalue weighted by molar-refractivity contribution is -0.119. The number of carbonyl (C=O) groups is 2. The Morgan fingerprint density at radius 3 is 2.75 bits per heavy atom. The zero-order valence-corrected chi connectivity index (χ0v) is 14.2. The Morgan fingerprint density at radius 2 is 2.04 bits per heavy atom. The molecule has 1 fully saturated rings. The maximum atomic E-state index is 12.5. The van der Waals surface area contributed by atoms with Crippen molar-refractivity contribution in [2.45, 2.75) is 32.2 Å². The van der Waals surface area contributed by atoms with Crippen molar-refractivity contribution in [2.75, 3.05) is 17.2 Å². The van der Waals surface area contributed by atoms with Gasteiger partial charge in [0.2, 0.25) is 11.0 Å². The topological polar surface area (TPSA) is 87.2 Å². The highest BCUT2D eigenvalue weighted by Crippen LogP contribution is 2.22. The van der Waals surface area contributed by atoms with Gasteiger partial charge in [-0.2, -0.15) is 0 Å². The average Bonchev–Trinajstić information content (AvgIpc) is 3.24. The van der Waals surface area contributed by atoms with Gasteiger partial charge in [-0.05, 0) is 31.4 Å². The average molecular weight is 345 g/mol. The smallest absolute Gasteiger partial charge is 0.312 e. The number of nitrogens with zero attached hydrogens (tertiary/aromatic N) is 3. The van der Waals surface area contributed by atoms with Crippen molar-refractivity contribution in [1.82, 2.24) is 15.1 Å². The van der Waals surface area contributed by atoms with Crippen molar-refractivity contribution in [2.24, 2.45) is 0 Å². The first-order chi connectivity index (χ1) is 11.7. The largest absolute Gasteiger partial charge is 0.322 e. The molecule has 0 radical (unpaired) electrons. The first-order valence-electron chi connectivity index (χ1n) is 7.93. The van der Waals surface area contributed by atoms with E-state index in [-0.39, 0.29) is 11.9 Å². The Morgan fingerprint density at radius 1 is 1.25 bits per heavy atom. The molecule has 1 atom stereocenters. The molecule has 2 N–H and O–H groups in total. The molecule has 0 aliphatic carbocycles. The Bertz CT molecular complexity index is 718. The minimum absolute atomic E-state index is 0.213. The van der Waals surface area contributed by atoms with Gasteiger partial charge < -0.3 is 10.2 Å². The summed E-state index contributed by atoms with van der Waals surface area (Å²) in [6, 6.07) is 8.48. The number of anilines is 2. The van der Waals surface area contributed by atoms with Gasteiger partial charge in [0.05, 0.1) is 0 Å². The van der Waals surface area contributed by atoms with Crippen LogP contribution >= 0.6 is 11.3 Å². The van der Waals surface area contributed by atoms with E-state index in [0.717, 1.165) is 17.8 Å². The Labute approximate surface area is 144 Å². The van der Waals surface area contributed by atoms with E-state index in [1.807, 2.05) is 37.3 Å². The van der Waals surface area contributed by atoms with E-state index in [4.69, 9.17) is 0 Å². The molecule has 7 nitrogen and oxygen atoms in total. The van der Waals surface area contributed by atoms with Crippen LogP contribution in [0, 0.1) is 0 Å². The molecule has 1 aromatic heterocycles. The minimum Gasteiger partial charge on any atom is -0.312 e. The number of para-hydroxylation sites is 1. The third-order valence-corrected chi connectivity index (χ3v) is 4.82. The summed E-state index contributed by atoms with van der Waals surface area (Å²) in [7, 11) is 0. The summed E-state index contributed by atoms with van der Waals surface area (Å²) in [6.07, 6.45) is 2.23. The molecule has 1 aliphatic heterocycles. The van der Waals surface area contributed by atoms with Gasteiger partial charge in [0, 0.05) is 12.2 Å². The molecule has 1 saturated heterocycles. The zero-order valence-electron chi connectivity index (χ0n) is 13.4. The van der Waals surface area contributed by atoms with Gasteiger partial charge in [-0.25, -0.2) is 4.79 Å². The van der Waals surface area contributed by atoms with Gasteiger partial charge in [-0.1, -0.05) is 36.5 Å². The van der Waals surface area contributed by atoms with Crippen molar-refractivity contribution in [3.05, 3.63) is 35.3 Å². The Balaban J connectivity index is 1.63. The number of rotatable bonds is 4. The monoisotopic (exact) mass is 345 g/mol. The van der Waals surface area contributed by atoms with Crippen LogP contribution < -0.4 is 10.6 Å². The normalized spacial score (nSPS) is 16.9. The van der Waals surface area contributed by atoms with Gasteiger partial charge in [0.15, 0.2) is 0 Å². The number of carbonyl (C=O) groups excluding carboxylic acids is 2. The van der Waals surface area contributed by atoms with Crippen molar-refractivity contribution in [3.8, 4) is 0 Å². The molecule has 2 aromatic rings. The molecular weight excluding hydrogens is 326 g/mol. The third-order valence-electron chi connectivity index (χ3n) is 3.84. The summed E-state index contributed by atoms with van der Waals surface area (Å²) in [5, 5.41) is 14.9. The fraction of sp³-hybridized carbons (Fsp3) is 0.375. The molecule has 0 unspecified atom stereocenters. The van der Waals surface area contributed by atoms with Crippen molar-refractivity contribution < 1.29 is 9.59 Å². The summed E-state index contributed by atoms with van der Waals surface area (Å²) in [5.74, 6) is -0.213. The number of aryl methyl sites for hydroxylation is 1. The second-order valence-corrected chi connectivity index (χ2v) is 6.55. The van der Waals surface area contributed by atoms with Crippen LogP contribution in [0.1, 0.15) is 24.8 Å². The summed E-state index contributed by atoms with van der Waals surface area (Å²) in [4.78, 5) is 26.5. The second kappa shape index (κ2) is 7.39. The highest BCUT2D eigenvalue weighted by atomic mass is 32.1. The highest BCUT2D eigenvalue weighted by Gasteiger charge is 2.34. The van der Waals surface area contributed by atoms with E-state index in [9.17, 15) is 9.59 Å². The fourth-order valence-corrected chi connectivity index (χ4v) is 3.32.